The standard InChI is InChI=1S/C25H16Cl2N2O5/c1-14-2-9-18(12-20(14)26)29-23(31)21(27)22(24(29)32)28-17-7-5-16(6-8-17)25(33)34-19-10-3-15(13-30)4-11-19/h2-13,28H,1H3. The van der Waals surface area contributed by atoms with Crippen molar-refractivity contribution in [3.05, 3.63) is 99.2 Å². The molecule has 0 radical (unpaired) electrons. The van der Waals surface area contributed by atoms with Gasteiger partial charge >= 0.3 is 5.97 Å². The first kappa shape index (κ1) is 23.2. The van der Waals surface area contributed by atoms with Crippen molar-refractivity contribution >= 4 is 58.6 Å². The Morgan fingerprint density at radius 2 is 1.62 bits per heavy atom. The molecule has 0 unspecified atom stereocenters. The Balaban J connectivity index is 1.47. The van der Waals surface area contributed by atoms with Crippen LogP contribution >= 0.6 is 23.2 Å². The largest absolute Gasteiger partial charge is 0.423 e. The van der Waals surface area contributed by atoms with Crippen molar-refractivity contribution in [2.24, 2.45) is 0 Å². The number of hydrogen-bond donors (Lipinski definition) is 1. The van der Waals surface area contributed by atoms with Crippen LogP contribution in [0.2, 0.25) is 5.02 Å². The van der Waals surface area contributed by atoms with Crippen LogP contribution in [0.15, 0.2) is 77.5 Å². The van der Waals surface area contributed by atoms with Gasteiger partial charge in [-0.05, 0) is 73.2 Å². The molecule has 9 heteroatoms. The average molecular weight is 495 g/mol. The summed E-state index contributed by atoms with van der Waals surface area (Å²) in [5, 5.41) is 3.00. The quantitative estimate of drug-likeness (QED) is 0.221. The first-order valence-electron chi connectivity index (χ1n) is 9.97. The van der Waals surface area contributed by atoms with E-state index in [1.165, 1.54) is 42.5 Å². The van der Waals surface area contributed by atoms with Crippen LogP contribution in [0.5, 0.6) is 5.75 Å². The Morgan fingerprint density at radius 1 is 0.941 bits per heavy atom. The zero-order valence-corrected chi connectivity index (χ0v) is 19.2. The Bertz CT molecular complexity index is 1350. The molecule has 0 aliphatic carbocycles. The third-order valence-corrected chi connectivity index (χ3v) is 5.82. The van der Waals surface area contributed by atoms with Gasteiger partial charge in [0.1, 0.15) is 22.8 Å². The molecule has 1 aliphatic rings. The van der Waals surface area contributed by atoms with E-state index in [-0.39, 0.29) is 16.3 Å². The number of ether oxygens (including phenoxy) is 1. The van der Waals surface area contributed by atoms with E-state index >= 15 is 0 Å². The molecule has 170 valence electrons. The Morgan fingerprint density at radius 3 is 2.24 bits per heavy atom. The lowest BCUT2D eigenvalue weighted by atomic mass is 10.2. The molecule has 1 N–H and O–H groups in total. The Labute approximate surface area is 204 Å². The summed E-state index contributed by atoms with van der Waals surface area (Å²) in [5.41, 5.74) is 2.18. The van der Waals surface area contributed by atoms with Crippen molar-refractivity contribution in [1.82, 2.24) is 0 Å². The van der Waals surface area contributed by atoms with Crippen LogP contribution in [0.25, 0.3) is 0 Å². The van der Waals surface area contributed by atoms with E-state index in [9.17, 15) is 19.2 Å². The van der Waals surface area contributed by atoms with Crippen LogP contribution in [0.4, 0.5) is 11.4 Å². The van der Waals surface area contributed by atoms with Gasteiger partial charge in [0, 0.05) is 16.3 Å². The highest BCUT2D eigenvalue weighted by molar-refractivity contribution is 6.53. The molecular formula is C25H16Cl2N2O5. The van der Waals surface area contributed by atoms with Crippen molar-refractivity contribution in [2.45, 2.75) is 6.92 Å². The second-order valence-corrected chi connectivity index (χ2v) is 8.13. The van der Waals surface area contributed by atoms with Crippen LogP contribution in [-0.2, 0) is 9.59 Å². The van der Waals surface area contributed by atoms with Gasteiger partial charge in [0.2, 0.25) is 0 Å². The molecule has 2 amide bonds. The lowest BCUT2D eigenvalue weighted by molar-refractivity contribution is -0.120. The minimum atomic E-state index is -0.671. The van der Waals surface area contributed by atoms with Crippen LogP contribution in [0.1, 0.15) is 26.3 Å². The summed E-state index contributed by atoms with van der Waals surface area (Å²) in [7, 11) is 0. The Kier molecular flexibility index (Phi) is 6.49. The van der Waals surface area contributed by atoms with Gasteiger partial charge in [-0.15, -0.1) is 0 Å². The zero-order valence-electron chi connectivity index (χ0n) is 17.7. The van der Waals surface area contributed by atoms with Crippen LogP contribution in [0, 0.1) is 6.92 Å². The predicted molar refractivity (Wildman–Crippen MR) is 128 cm³/mol. The maximum Gasteiger partial charge on any atom is 0.343 e. The lowest BCUT2D eigenvalue weighted by Crippen LogP contribution is -2.32. The predicted octanol–water partition coefficient (Wildman–Crippen LogP) is 5.12. The topological polar surface area (TPSA) is 92.8 Å². The molecular weight excluding hydrogens is 479 g/mol. The molecule has 3 aromatic rings. The number of nitrogens with one attached hydrogen (secondary N) is 1. The van der Waals surface area contributed by atoms with Crippen molar-refractivity contribution in [3.63, 3.8) is 0 Å². The number of hydrogen-bond acceptors (Lipinski definition) is 6. The maximum absolute atomic E-state index is 12.9. The summed E-state index contributed by atoms with van der Waals surface area (Å²) >= 11 is 12.3. The number of aryl methyl sites for hydroxylation is 1. The molecule has 1 heterocycles. The normalized spacial score (nSPS) is 13.3. The van der Waals surface area contributed by atoms with E-state index in [2.05, 4.69) is 5.32 Å². The number of amides is 2. The van der Waals surface area contributed by atoms with Crippen molar-refractivity contribution < 1.29 is 23.9 Å². The second kappa shape index (κ2) is 9.51. The van der Waals surface area contributed by atoms with Gasteiger partial charge in [-0.1, -0.05) is 29.3 Å². The number of nitrogens with zero attached hydrogens (tertiary/aromatic N) is 1. The molecule has 0 saturated heterocycles. The monoisotopic (exact) mass is 494 g/mol. The number of anilines is 2. The van der Waals surface area contributed by atoms with E-state index in [0.29, 0.717) is 34.0 Å². The SMILES string of the molecule is Cc1ccc(N2C(=O)C(Cl)=C(Nc3ccc(C(=O)Oc4ccc(C=O)cc4)cc3)C2=O)cc1Cl. The maximum atomic E-state index is 12.9. The van der Waals surface area contributed by atoms with Crippen molar-refractivity contribution in [2.75, 3.05) is 10.2 Å². The summed E-state index contributed by atoms with van der Waals surface area (Å²) in [6.45, 7) is 1.81. The number of carbonyl (C=O) groups excluding carboxylic acids is 4. The molecule has 0 bridgehead atoms. The Hall–Kier alpha value is -3.94. The fraction of sp³-hybridized carbons (Fsp3) is 0.0400. The fourth-order valence-corrected chi connectivity index (χ4v) is 3.57. The summed E-state index contributed by atoms with van der Waals surface area (Å²) in [4.78, 5) is 49.6. The van der Waals surface area contributed by atoms with Crippen LogP contribution in [-0.4, -0.2) is 24.1 Å². The molecule has 4 rings (SSSR count). The smallest absolute Gasteiger partial charge is 0.343 e. The number of benzene rings is 3. The van der Waals surface area contributed by atoms with E-state index in [1.807, 2.05) is 0 Å². The van der Waals surface area contributed by atoms with E-state index in [4.69, 9.17) is 27.9 Å². The highest BCUT2D eigenvalue weighted by Gasteiger charge is 2.39. The molecule has 34 heavy (non-hydrogen) atoms. The molecule has 3 aromatic carbocycles. The zero-order chi connectivity index (χ0) is 24.4. The molecule has 7 nitrogen and oxygen atoms in total. The van der Waals surface area contributed by atoms with Crippen molar-refractivity contribution in [1.29, 1.82) is 0 Å². The summed E-state index contributed by atoms with van der Waals surface area (Å²) < 4.78 is 5.28. The fourth-order valence-electron chi connectivity index (χ4n) is 3.18. The number of imide groups is 1. The number of halogens is 2. The molecule has 0 saturated carbocycles. The van der Waals surface area contributed by atoms with Gasteiger partial charge in [-0.25, -0.2) is 9.69 Å². The van der Waals surface area contributed by atoms with E-state index < -0.39 is 17.8 Å². The van der Waals surface area contributed by atoms with Gasteiger partial charge in [-0.3, -0.25) is 14.4 Å². The molecule has 0 aromatic heterocycles. The number of rotatable bonds is 6. The van der Waals surface area contributed by atoms with Crippen molar-refractivity contribution in [3.8, 4) is 5.75 Å². The minimum absolute atomic E-state index is 0.0889. The van der Waals surface area contributed by atoms with Gasteiger partial charge in [-0.2, -0.15) is 0 Å². The van der Waals surface area contributed by atoms with E-state index in [1.54, 1.807) is 31.2 Å². The second-order valence-electron chi connectivity index (χ2n) is 7.35. The number of esters is 1. The molecule has 0 fully saturated rings. The third-order valence-electron chi connectivity index (χ3n) is 5.06. The minimum Gasteiger partial charge on any atom is -0.423 e. The summed E-state index contributed by atoms with van der Waals surface area (Å²) in [5.74, 6) is -1.61. The molecule has 0 atom stereocenters. The van der Waals surface area contributed by atoms with Gasteiger partial charge in [0.15, 0.2) is 0 Å². The first-order valence-corrected chi connectivity index (χ1v) is 10.7. The third kappa shape index (κ3) is 4.57. The van der Waals surface area contributed by atoms with Crippen LogP contribution < -0.4 is 15.0 Å². The highest BCUT2D eigenvalue weighted by Crippen LogP contribution is 2.32. The first-order chi connectivity index (χ1) is 16.3. The lowest BCUT2D eigenvalue weighted by Gasteiger charge is -2.16. The summed E-state index contributed by atoms with van der Waals surface area (Å²) in [6, 6.07) is 17.0. The highest BCUT2D eigenvalue weighted by atomic mass is 35.5. The van der Waals surface area contributed by atoms with Gasteiger partial charge in [0.05, 0.1) is 11.3 Å². The van der Waals surface area contributed by atoms with Gasteiger partial charge in [0.25, 0.3) is 11.8 Å². The summed E-state index contributed by atoms with van der Waals surface area (Å²) in [6.07, 6.45) is 0.691. The van der Waals surface area contributed by atoms with Crippen LogP contribution in [0.3, 0.4) is 0 Å². The molecule has 1 aliphatic heterocycles. The average Bonchev–Trinajstić information content (AvgIpc) is 3.05. The number of aldehydes is 1. The number of carbonyl (C=O) groups is 4. The van der Waals surface area contributed by atoms with Gasteiger partial charge < -0.3 is 10.1 Å². The van der Waals surface area contributed by atoms with E-state index in [0.717, 1.165) is 10.5 Å². The molecule has 0 spiro atoms.